The summed E-state index contributed by atoms with van der Waals surface area (Å²) in [5, 5.41) is 18.0. The number of nitrogens with zero attached hydrogens (tertiary/aromatic N) is 5. The number of tetrazole rings is 1. The summed E-state index contributed by atoms with van der Waals surface area (Å²) in [6.45, 7) is 3.11. The van der Waals surface area contributed by atoms with E-state index in [2.05, 4.69) is 31.1 Å². The van der Waals surface area contributed by atoms with Crippen molar-refractivity contribution >= 4 is 11.5 Å². The molecule has 1 aliphatic heterocycles. The van der Waals surface area contributed by atoms with E-state index in [9.17, 15) is 0 Å². The maximum atomic E-state index is 4.09. The Balaban J connectivity index is 1.75. The van der Waals surface area contributed by atoms with E-state index in [1.807, 2.05) is 0 Å². The van der Waals surface area contributed by atoms with E-state index < -0.39 is 0 Å². The van der Waals surface area contributed by atoms with Gasteiger partial charge in [-0.15, -0.1) is 5.10 Å². The minimum absolute atomic E-state index is 0.662. The Labute approximate surface area is 92.3 Å². The average Bonchev–Trinajstić information content (AvgIpc) is 2.97. The molecule has 3 heterocycles. The summed E-state index contributed by atoms with van der Waals surface area (Å²) in [4.78, 5) is 4.09. The first kappa shape index (κ1) is 9.46. The molecule has 1 fully saturated rings. The van der Waals surface area contributed by atoms with Gasteiger partial charge in [-0.3, -0.25) is 4.98 Å². The molecule has 7 nitrogen and oxygen atoms in total. The van der Waals surface area contributed by atoms with Gasteiger partial charge in [0.1, 0.15) is 5.82 Å². The molecule has 2 aromatic rings. The Morgan fingerprint density at radius 2 is 2.50 bits per heavy atom. The molecule has 2 aromatic heterocycles. The molecular weight excluding hydrogens is 206 g/mol. The number of anilines is 1. The number of fused-ring (bicyclic) bond motifs is 1. The van der Waals surface area contributed by atoms with E-state index in [0.29, 0.717) is 11.6 Å². The zero-order chi connectivity index (χ0) is 10.8. The number of nitrogens with one attached hydrogen (secondary N) is 2. The summed E-state index contributed by atoms with van der Waals surface area (Å²) >= 11 is 0. The quantitative estimate of drug-likeness (QED) is 0.727. The van der Waals surface area contributed by atoms with Gasteiger partial charge < -0.3 is 10.6 Å². The van der Waals surface area contributed by atoms with Crippen molar-refractivity contribution in [2.24, 2.45) is 5.92 Å². The lowest BCUT2D eigenvalue weighted by Crippen LogP contribution is -2.18. The first-order valence-electron chi connectivity index (χ1n) is 5.40. The van der Waals surface area contributed by atoms with Crippen molar-refractivity contribution in [2.45, 2.75) is 6.42 Å². The lowest BCUT2D eigenvalue weighted by Gasteiger charge is -2.10. The highest BCUT2D eigenvalue weighted by Crippen LogP contribution is 2.10. The zero-order valence-electron chi connectivity index (χ0n) is 8.80. The summed E-state index contributed by atoms with van der Waals surface area (Å²) < 4.78 is 1.66. The third-order valence-corrected chi connectivity index (χ3v) is 2.84. The van der Waals surface area contributed by atoms with Gasteiger partial charge >= 0.3 is 0 Å². The normalized spacial score (nSPS) is 20.4. The molecule has 0 bridgehead atoms. The minimum atomic E-state index is 0.662. The second kappa shape index (κ2) is 4.01. The Morgan fingerprint density at radius 3 is 3.38 bits per heavy atom. The lowest BCUT2D eigenvalue weighted by molar-refractivity contribution is 0.612. The van der Waals surface area contributed by atoms with Crippen LogP contribution in [-0.4, -0.2) is 44.7 Å². The van der Waals surface area contributed by atoms with Crippen LogP contribution < -0.4 is 10.6 Å². The molecule has 1 atom stereocenters. The number of rotatable bonds is 3. The first-order chi connectivity index (χ1) is 7.93. The summed E-state index contributed by atoms with van der Waals surface area (Å²) in [6.07, 6.45) is 4.60. The van der Waals surface area contributed by atoms with Crippen LogP contribution in [0.3, 0.4) is 0 Å². The maximum absolute atomic E-state index is 4.09. The van der Waals surface area contributed by atoms with Crippen molar-refractivity contribution in [3.05, 3.63) is 12.4 Å². The van der Waals surface area contributed by atoms with Gasteiger partial charge in [0, 0.05) is 6.54 Å². The molecule has 0 radical (unpaired) electrons. The van der Waals surface area contributed by atoms with E-state index in [1.54, 1.807) is 16.9 Å². The highest BCUT2D eigenvalue weighted by atomic mass is 15.5. The molecule has 3 rings (SSSR count). The van der Waals surface area contributed by atoms with E-state index in [0.717, 1.165) is 25.5 Å². The summed E-state index contributed by atoms with van der Waals surface area (Å²) in [6, 6.07) is 0. The van der Waals surface area contributed by atoms with Crippen LogP contribution in [0, 0.1) is 5.92 Å². The van der Waals surface area contributed by atoms with Gasteiger partial charge in [0.05, 0.1) is 12.4 Å². The predicted octanol–water partition coefficient (Wildman–Crippen LogP) is -0.459. The fourth-order valence-corrected chi connectivity index (χ4v) is 1.93. The molecule has 2 N–H and O–H groups in total. The average molecular weight is 219 g/mol. The third-order valence-electron chi connectivity index (χ3n) is 2.84. The van der Waals surface area contributed by atoms with E-state index in [-0.39, 0.29) is 0 Å². The molecule has 0 aromatic carbocycles. The van der Waals surface area contributed by atoms with Crippen molar-refractivity contribution in [2.75, 3.05) is 25.0 Å². The molecule has 0 aliphatic carbocycles. The highest BCUT2D eigenvalue weighted by molar-refractivity contribution is 5.43. The fraction of sp³-hybridized carbons (Fsp3) is 0.556. The van der Waals surface area contributed by atoms with Crippen LogP contribution in [0.25, 0.3) is 5.65 Å². The lowest BCUT2D eigenvalue weighted by atomic mass is 10.1. The molecule has 84 valence electrons. The summed E-state index contributed by atoms with van der Waals surface area (Å²) in [7, 11) is 0. The van der Waals surface area contributed by atoms with Crippen LogP contribution in [0.4, 0.5) is 5.82 Å². The van der Waals surface area contributed by atoms with Crippen LogP contribution in [0.15, 0.2) is 12.4 Å². The SMILES string of the molecule is c1ncc2nnnn2c1NCC1CCNC1. The highest BCUT2D eigenvalue weighted by Gasteiger charge is 2.14. The van der Waals surface area contributed by atoms with Gasteiger partial charge in [0.2, 0.25) is 0 Å². The Morgan fingerprint density at radius 1 is 1.50 bits per heavy atom. The molecule has 0 amide bonds. The van der Waals surface area contributed by atoms with Crippen LogP contribution >= 0.6 is 0 Å². The zero-order valence-corrected chi connectivity index (χ0v) is 8.80. The molecule has 7 heteroatoms. The first-order valence-corrected chi connectivity index (χ1v) is 5.40. The van der Waals surface area contributed by atoms with Gasteiger partial charge in [-0.2, -0.15) is 4.52 Å². The minimum Gasteiger partial charge on any atom is -0.368 e. The monoisotopic (exact) mass is 219 g/mol. The predicted molar refractivity (Wildman–Crippen MR) is 58.0 cm³/mol. The van der Waals surface area contributed by atoms with Crippen molar-refractivity contribution in [1.29, 1.82) is 0 Å². The van der Waals surface area contributed by atoms with E-state index >= 15 is 0 Å². The standard InChI is InChI=1S/C9H13N7/c1-2-10-3-7(1)4-12-8-5-11-6-9-13-14-15-16(8)9/h5-7,10,12H,1-4H2. The van der Waals surface area contributed by atoms with Gasteiger partial charge in [-0.05, 0) is 35.9 Å². The topological polar surface area (TPSA) is 80.0 Å². The van der Waals surface area contributed by atoms with Gasteiger partial charge in [-0.25, -0.2) is 0 Å². The molecule has 1 aliphatic rings. The molecule has 1 unspecified atom stereocenters. The Kier molecular flexibility index (Phi) is 2.37. The second-order valence-electron chi connectivity index (χ2n) is 3.98. The number of hydrogen-bond acceptors (Lipinski definition) is 6. The van der Waals surface area contributed by atoms with Crippen LogP contribution in [0.1, 0.15) is 6.42 Å². The fourth-order valence-electron chi connectivity index (χ4n) is 1.93. The molecule has 16 heavy (non-hydrogen) atoms. The number of aromatic nitrogens is 5. The maximum Gasteiger partial charge on any atom is 0.199 e. The van der Waals surface area contributed by atoms with Crippen molar-refractivity contribution < 1.29 is 0 Å². The molecular formula is C9H13N7. The van der Waals surface area contributed by atoms with Crippen molar-refractivity contribution in [1.82, 2.24) is 30.3 Å². The second-order valence-corrected chi connectivity index (χ2v) is 3.98. The molecule has 0 spiro atoms. The summed E-state index contributed by atoms with van der Waals surface area (Å²) in [5.41, 5.74) is 0.662. The molecule has 0 saturated carbocycles. The van der Waals surface area contributed by atoms with E-state index in [1.165, 1.54) is 6.42 Å². The Bertz CT molecular complexity index is 473. The van der Waals surface area contributed by atoms with E-state index in [4.69, 9.17) is 0 Å². The van der Waals surface area contributed by atoms with Crippen LogP contribution in [-0.2, 0) is 0 Å². The summed E-state index contributed by atoms with van der Waals surface area (Å²) in [5.74, 6) is 1.51. The van der Waals surface area contributed by atoms with Crippen molar-refractivity contribution in [3.63, 3.8) is 0 Å². The Hall–Kier alpha value is -1.76. The van der Waals surface area contributed by atoms with Gasteiger partial charge in [0.25, 0.3) is 0 Å². The number of hydrogen-bond donors (Lipinski definition) is 2. The van der Waals surface area contributed by atoms with Crippen LogP contribution in [0.2, 0.25) is 0 Å². The molecule has 1 saturated heterocycles. The third kappa shape index (κ3) is 1.69. The van der Waals surface area contributed by atoms with Crippen molar-refractivity contribution in [3.8, 4) is 0 Å². The van der Waals surface area contributed by atoms with Crippen LogP contribution in [0.5, 0.6) is 0 Å². The van der Waals surface area contributed by atoms with Gasteiger partial charge in [0.15, 0.2) is 5.65 Å². The largest absolute Gasteiger partial charge is 0.368 e. The smallest absolute Gasteiger partial charge is 0.199 e. The van der Waals surface area contributed by atoms with Gasteiger partial charge in [-0.1, -0.05) is 0 Å².